The van der Waals surface area contributed by atoms with Gasteiger partial charge in [-0.1, -0.05) is 0 Å². The number of ketones is 1. The molecule has 3 nitrogen and oxygen atoms in total. The molecular formula is C11H11NO2S. The molecule has 1 aromatic rings. The molecule has 1 aromatic carbocycles. The molecule has 1 aliphatic rings. The third kappa shape index (κ3) is 2.04. The summed E-state index contributed by atoms with van der Waals surface area (Å²) < 4.78 is 0. The molecule has 2 rings (SSSR count). The smallest absolute Gasteiger partial charge is 0.228 e. The topological polar surface area (TPSA) is 46.2 Å². The van der Waals surface area contributed by atoms with Crippen LogP contribution >= 0.6 is 12.6 Å². The predicted molar refractivity (Wildman–Crippen MR) is 61.6 cm³/mol. The van der Waals surface area contributed by atoms with E-state index >= 15 is 0 Å². The highest BCUT2D eigenvalue weighted by Crippen LogP contribution is 2.24. The number of fused-ring (bicyclic) bond motifs is 1. The third-order valence-corrected chi connectivity index (χ3v) is 2.61. The number of carbonyl (C=O) groups excluding carboxylic acids is 2. The van der Waals surface area contributed by atoms with Gasteiger partial charge in [0, 0.05) is 17.7 Å². The maximum atomic E-state index is 11.6. The Morgan fingerprint density at radius 1 is 1.47 bits per heavy atom. The van der Waals surface area contributed by atoms with Crippen molar-refractivity contribution in [1.29, 1.82) is 0 Å². The van der Waals surface area contributed by atoms with Crippen LogP contribution in [0.4, 0.5) is 5.69 Å². The van der Waals surface area contributed by atoms with E-state index in [4.69, 9.17) is 0 Å². The zero-order chi connectivity index (χ0) is 10.8. The Hall–Kier alpha value is -1.29. The SMILES string of the molecule is O=C1Cc2cc(C(=O)CCS)ccc2N1. The van der Waals surface area contributed by atoms with Crippen LogP contribution in [0.1, 0.15) is 22.3 Å². The lowest BCUT2D eigenvalue weighted by molar-refractivity contribution is -0.115. The molecule has 0 saturated heterocycles. The Morgan fingerprint density at radius 2 is 2.27 bits per heavy atom. The van der Waals surface area contributed by atoms with Crippen molar-refractivity contribution in [2.45, 2.75) is 12.8 Å². The van der Waals surface area contributed by atoms with Crippen LogP contribution in [-0.2, 0) is 11.2 Å². The largest absolute Gasteiger partial charge is 0.326 e. The van der Waals surface area contributed by atoms with Crippen molar-refractivity contribution < 1.29 is 9.59 Å². The number of Topliss-reactive ketones (excluding diaryl/α,β-unsaturated/α-hetero) is 1. The molecule has 0 bridgehead atoms. The molecule has 0 aliphatic carbocycles. The average molecular weight is 221 g/mol. The van der Waals surface area contributed by atoms with E-state index in [-0.39, 0.29) is 11.7 Å². The lowest BCUT2D eigenvalue weighted by atomic mass is 10.0. The van der Waals surface area contributed by atoms with Crippen LogP contribution in [0.25, 0.3) is 0 Å². The number of benzene rings is 1. The van der Waals surface area contributed by atoms with Gasteiger partial charge in [-0.25, -0.2) is 0 Å². The van der Waals surface area contributed by atoms with E-state index in [1.54, 1.807) is 18.2 Å². The zero-order valence-electron chi connectivity index (χ0n) is 8.12. The first kappa shape index (κ1) is 10.2. The highest BCUT2D eigenvalue weighted by molar-refractivity contribution is 7.80. The summed E-state index contributed by atoms with van der Waals surface area (Å²) in [6.45, 7) is 0. The lowest BCUT2D eigenvalue weighted by Gasteiger charge is -2.02. The van der Waals surface area contributed by atoms with Crippen LogP contribution in [0.5, 0.6) is 0 Å². The van der Waals surface area contributed by atoms with Crippen LogP contribution < -0.4 is 5.32 Å². The highest BCUT2D eigenvalue weighted by Gasteiger charge is 2.18. The number of anilines is 1. The molecule has 0 fully saturated rings. The fourth-order valence-electron chi connectivity index (χ4n) is 1.65. The highest BCUT2D eigenvalue weighted by atomic mass is 32.1. The van der Waals surface area contributed by atoms with Crippen molar-refractivity contribution in [2.75, 3.05) is 11.1 Å². The van der Waals surface area contributed by atoms with Crippen molar-refractivity contribution in [1.82, 2.24) is 0 Å². The second-order valence-corrected chi connectivity index (χ2v) is 3.94. The fraction of sp³-hybridized carbons (Fsp3) is 0.273. The summed E-state index contributed by atoms with van der Waals surface area (Å²) in [6.07, 6.45) is 0.806. The molecular weight excluding hydrogens is 210 g/mol. The van der Waals surface area contributed by atoms with E-state index in [1.807, 2.05) is 0 Å². The van der Waals surface area contributed by atoms with Gasteiger partial charge >= 0.3 is 0 Å². The zero-order valence-corrected chi connectivity index (χ0v) is 9.01. The van der Waals surface area contributed by atoms with Gasteiger partial charge in [-0.15, -0.1) is 0 Å². The molecule has 0 aromatic heterocycles. The second-order valence-electron chi connectivity index (χ2n) is 3.49. The molecule has 0 radical (unpaired) electrons. The first-order valence-corrected chi connectivity index (χ1v) is 5.41. The maximum Gasteiger partial charge on any atom is 0.228 e. The minimum Gasteiger partial charge on any atom is -0.326 e. The summed E-state index contributed by atoms with van der Waals surface area (Å²) in [4.78, 5) is 22.7. The van der Waals surface area contributed by atoms with Gasteiger partial charge in [-0.3, -0.25) is 9.59 Å². The number of rotatable bonds is 3. The predicted octanol–water partition coefficient (Wildman–Crippen LogP) is 1.68. The number of nitrogens with one attached hydrogen (secondary N) is 1. The molecule has 1 amide bonds. The first-order chi connectivity index (χ1) is 7.20. The molecule has 0 atom stereocenters. The third-order valence-electron chi connectivity index (χ3n) is 2.39. The van der Waals surface area contributed by atoms with Gasteiger partial charge in [0.15, 0.2) is 5.78 Å². The van der Waals surface area contributed by atoms with Crippen molar-refractivity contribution in [3.8, 4) is 0 Å². The Morgan fingerprint density at radius 3 is 3.00 bits per heavy atom. The van der Waals surface area contributed by atoms with Crippen LogP contribution in [0.2, 0.25) is 0 Å². The van der Waals surface area contributed by atoms with E-state index in [0.717, 1.165) is 11.3 Å². The Kier molecular flexibility index (Phi) is 2.77. The van der Waals surface area contributed by atoms with Crippen LogP contribution in [0.15, 0.2) is 18.2 Å². The van der Waals surface area contributed by atoms with Crippen molar-refractivity contribution >= 4 is 30.0 Å². The van der Waals surface area contributed by atoms with Gasteiger partial charge < -0.3 is 5.32 Å². The molecule has 1 N–H and O–H groups in total. The van der Waals surface area contributed by atoms with Gasteiger partial charge in [-0.05, 0) is 29.5 Å². The minimum atomic E-state index is -0.0104. The number of amides is 1. The standard InChI is InChI=1S/C11H11NO2S/c13-10(3-4-15)7-1-2-9-8(5-7)6-11(14)12-9/h1-2,5,15H,3-4,6H2,(H,12,14). The number of thiol groups is 1. The summed E-state index contributed by atoms with van der Waals surface area (Å²) in [7, 11) is 0. The summed E-state index contributed by atoms with van der Waals surface area (Å²) in [5, 5.41) is 2.73. The average Bonchev–Trinajstić information content (AvgIpc) is 2.57. The van der Waals surface area contributed by atoms with Crippen LogP contribution in [0.3, 0.4) is 0 Å². The van der Waals surface area contributed by atoms with Crippen LogP contribution in [0, 0.1) is 0 Å². The Labute approximate surface area is 93.3 Å². The van der Waals surface area contributed by atoms with E-state index in [0.29, 0.717) is 24.2 Å². The molecule has 1 heterocycles. The van der Waals surface area contributed by atoms with Gasteiger partial charge in [0.25, 0.3) is 0 Å². The van der Waals surface area contributed by atoms with Gasteiger partial charge in [0.05, 0.1) is 6.42 Å². The number of hydrogen-bond donors (Lipinski definition) is 2. The van der Waals surface area contributed by atoms with Crippen molar-refractivity contribution in [2.24, 2.45) is 0 Å². The fourth-order valence-corrected chi connectivity index (χ4v) is 1.85. The Balaban J connectivity index is 2.27. The van der Waals surface area contributed by atoms with E-state index < -0.39 is 0 Å². The first-order valence-electron chi connectivity index (χ1n) is 4.77. The van der Waals surface area contributed by atoms with Crippen molar-refractivity contribution in [3.63, 3.8) is 0 Å². The molecule has 0 spiro atoms. The van der Waals surface area contributed by atoms with Gasteiger partial charge in [-0.2, -0.15) is 12.6 Å². The summed E-state index contributed by atoms with van der Waals surface area (Å²) in [5.41, 5.74) is 2.40. The second kappa shape index (κ2) is 4.06. The quantitative estimate of drug-likeness (QED) is 0.602. The number of carbonyl (C=O) groups is 2. The van der Waals surface area contributed by atoms with Crippen LogP contribution in [-0.4, -0.2) is 17.4 Å². The van der Waals surface area contributed by atoms with Gasteiger partial charge in [0.2, 0.25) is 5.91 Å². The molecule has 4 heteroatoms. The molecule has 0 unspecified atom stereocenters. The van der Waals surface area contributed by atoms with E-state index in [2.05, 4.69) is 17.9 Å². The van der Waals surface area contributed by atoms with Crippen molar-refractivity contribution in [3.05, 3.63) is 29.3 Å². The normalized spacial score (nSPS) is 13.5. The minimum absolute atomic E-state index is 0.0104. The molecule has 0 saturated carbocycles. The molecule has 15 heavy (non-hydrogen) atoms. The summed E-state index contributed by atoms with van der Waals surface area (Å²) in [5.74, 6) is 0.614. The number of hydrogen-bond acceptors (Lipinski definition) is 3. The Bertz CT molecular complexity index is 429. The van der Waals surface area contributed by atoms with Gasteiger partial charge in [0.1, 0.15) is 0 Å². The van der Waals surface area contributed by atoms with E-state index in [1.165, 1.54) is 0 Å². The summed E-state index contributed by atoms with van der Waals surface area (Å²) in [6, 6.07) is 5.32. The monoisotopic (exact) mass is 221 g/mol. The molecule has 78 valence electrons. The maximum absolute atomic E-state index is 11.6. The lowest BCUT2D eigenvalue weighted by Crippen LogP contribution is -2.03. The van der Waals surface area contributed by atoms with E-state index in [9.17, 15) is 9.59 Å². The summed E-state index contributed by atoms with van der Waals surface area (Å²) >= 11 is 4.02. The molecule has 1 aliphatic heterocycles.